The largest absolute Gasteiger partial charge is 0.491 e. The molecule has 0 radical (unpaired) electrons. The highest BCUT2D eigenvalue weighted by molar-refractivity contribution is 6.32. The summed E-state index contributed by atoms with van der Waals surface area (Å²) in [6.07, 6.45) is 0.599. The van der Waals surface area contributed by atoms with Crippen LogP contribution in [0.3, 0.4) is 0 Å². The van der Waals surface area contributed by atoms with Gasteiger partial charge in [-0.25, -0.2) is 0 Å². The molecule has 2 N–H and O–H groups in total. The Balaban J connectivity index is 2.33. The lowest BCUT2D eigenvalue weighted by molar-refractivity contribution is -0.139. The zero-order valence-electron chi connectivity index (χ0n) is 11.2. The summed E-state index contributed by atoms with van der Waals surface area (Å²) in [5.41, 5.74) is 0. The molecule has 0 saturated heterocycles. The van der Waals surface area contributed by atoms with E-state index in [0.29, 0.717) is 36.3 Å². The molecule has 0 aliphatic heterocycles. The lowest BCUT2D eigenvalue weighted by Gasteiger charge is -2.16. The standard InChI is InChI=1S/C14H20ClNO3/c1-10(2)9-12(14(17)18)16-7-8-19-13-6-4-3-5-11(13)15/h3-6,10,12,16H,7-9H2,1-2H3,(H,17,18). The van der Waals surface area contributed by atoms with E-state index in [1.54, 1.807) is 12.1 Å². The lowest BCUT2D eigenvalue weighted by atomic mass is 10.0. The summed E-state index contributed by atoms with van der Waals surface area (Å²) in [6.45, 7) is 4.84. The van der Waals surface area contributed by atoms with Crippen molar-refractivity contribution in [3.63, 3.8) is 0 Å². The number of hydrogen-bond donors (Lipinski definition) is 2. The van der Waals surface area contributed by atoms with Crippen LogP contribution in [0.5, 0.6) is 5.75 Å². The van der Waals surface area contributed by atoms with E-state index in [1.165, 1.54) is 0 Å². The van der Waals surface area contributed by atoms with Crippen molar-refractivity contribution in [1.29, 1.82) is 0 Å². The van der Waals surface area contributed by atoms with E-state index in [4.69, 9.17) is 21.4 Å². The summed E-state index contributed by atoms with van der Waals surface area (Å²) < 4.78 is 5.48. The Labute approximate surface area is 118 Å². The highest BCUT2D eigenvalue weighted by Crippen LogP contribution is 2.22. The van der Waals surface area contributed by atoms with Crippen LogP contribution in [-0.4, -0.2) is 30.3 Å². The molecule has 0 amide bonds. The van der Waals surface area contributed by atoms with E-state index in [-0.39, 0.29) is 0 Å². The number of hydrogen-bond acceptors (Lipinski definition) is 3. The van der Waals surface area contributed by atoms with Gasteiger partial charge in [0.2, 0.25) is 0 Å². The molecule has 0 saturated carbocycles. The minimum absolute atomic E-state index is 0.332. The molecule has 106 valence electrons. The van der Waals surface area contributed by atoms with Crippen LogP contribution in [0.1, 0.15) is 20.3 Å². The van der Waals surface area contributed by atoms with Crippen LogP contribution in [0.4, 0.5) is 0 Å². The third kappa shape index (κ3) is 5.94. The van der Waals surface area contributed by atoms with Crippen LogP contribution in [0, 0.1) is 5.92 Å². The molecule has 0 aliphatic rings. The molecule has 5 heteroatoms. The number of ether oxygens (including phenoxy) is 1. The average molecular weight is 286 g/mol. The maximum Gasteiger partial charge on any atom is 0.320 e. The van der Waals surface area contributed by atoms with Crippen molar-refractivity contribution in [2.75, 3.05) is 13.2 Å². The van der Waals surface area contributed by atoms with Gasteiger partial charge in [-0.2, -0.15) is 0 Å². The molecule has 0 aromatic heterocycles. The van der Waals surface area contributed by atoms with E-state index in [1.807, 2.05) is 26.0 Å². The highest BCUT2D eigenvalue weighted by Gasteiger charge is 2.17. The van der Waals surface area contributed by atoms with Crippen molar-refractivity contribution in [2.24, 2.45) is 5.92 Å². The SMILES string of the molecule is CC(C)CC(NCCOc1ccccc1Cl)C(=O)O. The van der Waals surface area contributed by atoms with Crippen molar-refractivity contribution in [3.05, 3.63) is 29.3 Å². The van der Waals surface area contributed by atoms with Gasteiger partial charge in [-0.1, -0.05) is 37.6 Å². The Kier molecular flexibility index (Phi) is 6.67. The van der Waals surface area contributed by atoms with E-state index in [0.717, 1.165) is 0 Å². The second-order valence-corrected chi connectivity index (χ2v) is 5.16. The summed E-state index contributed by atoms with van der Waals surface area (Å²) in [5.74, 6) is 0.117. The Morgan fingerprint density at radius 3 is 2.68 bits per heavy atom. The monoisotopic (exact) mass is 285 g/mol. The number of para-hydroxylation sites is 1. The molecule has 1 rings (SSSR count). The van der Waals surface area contributed by atoms with Crippen LogP contribution < -0.4 is 10.1 Å². The van der Waals surface area contributed by atoms with E-state index in [2.05, 4.69) is 5.32 Å². The average Bonchev–Trinajstić information content (AvgIpc) is 2.34. The Hall–Kier alpha value is -1.26. The van der Waals surface area contributed by atoms with Gasteiger partial charge >= 0.3 is 5.97 Å². The molecule has 0 spiro atoms. The fraction of sp³-hybridized carbons (Fsp3) is 0.500. The zero-order valence-corrected chi connectivity index (χ0v) is 12.0. The number of carboxylic acids is 1. The number of carboxylic acid groups (broad SMARTS) is 1. The molecule has 0 fully saturated rings. The molecule has 1 atom stereocenters. The van der Waals surface area contributed by atoms with Crippen LogP contribution in [0.15, 0.2) is 24.3 Å². The second-order valence-electron chi connectivity index (χ2n) is 4.75. The first-order chi connectivity index (χ1) is 9.00. The van der Waals surface area contributed by atoms with Crippen molar-refractivity contribution < 1.29 is 14.6 Å². The molecule has 4 nitrogen and oxygen atoms in total. The summed E-state index contributed by atoms with van der Waals surface area (Å²) in [5, 5.41) is 12.6. The van der Waals surface area contributed by atoms with Crippen LogP contribution in [0.2, 0.25) is 5.02 Å². The first-order valence-electron chi connectivity index (χ1n) is 6.34. The van der Waals surface area contributed by atoms with Crippen molar-refractivity contribution >= 4 is 17.6 Å². The first-order valence-corrected chi connectivity index (χ1v) is 6.72. The minimum Gasteiger partial charge on any atom is -0.491 e. The van der Waals surface area contributed by atoms with Crippen molar-refractivity contribution in [1.82, 2.24) is 5.32 Å². The van der Waals surface area contributed by atoms with E-state index >= 15 is 0 Å². The summed E-state index contributed by atoms with van der Waals surface area (Å²) in [6, 6.07) is 6.67. The molecule has 0 bridgehead atoms. The molecule has 0 aliphatic carbocycles. The van der Waals surface area contributed by atoms with Gasteiger partial charge in [-0.05, 0) is 24.5 Å². The Morgan fingerprint density at radius 2 is 2.11 bits per heavy atom. The number of nitrogens with one attached hydrogen (secondary N) is 1. The molecule has 1 aromatic rings. The topological polar surface area (TPSA) is 58.6 Å². The molecule has 1 aromatic carbocycles. The van der Waals surface area contributed by atoms with Gasteiger partial charge in [0.1, 0.15) is 18.4 Å². The molecule has 19 heavy (non-hydrogen) atoms. The number of aliphatic carboxylic acids is 1. The van der Waals surface area contributed by atoms with Crippen molar-refractivity contribution in [3.8, 4) is 5.75 Å². The van der Waals surface area contributed by atoms with Gasteiger partial charge < -0.3 is 15.2 Å². The lowest BCUT2D eigenvalue weighted by Crippen LogP contribution is -2.39. The fourth-order valence-corrected chi connectivity index (χ4v) is 1.89. The first kappa shape index (κ1) is 15.8. The minimum atomic E-state index is -0.827. The quantitative estimate of drug-likeness (QED) is 0.721. The van der Waals surface area contributed by atoms with E-state index in [9.17, 15) is 4.79 Å². The Bertz CT molecular complexity index is 409. The summed E-state index contributed by atoms with van der Waals surface area (Å²) in [7, 11) is 0. The zero-order chi connectivity index (χ0) is 14.3. The third-order valence-corrected chi connectivity index (χ3v) is 2.90. The van der Waals surface area contributed by atoms with Gasteiger partial charge in [0.05, 0.1) is 5.02 Å². The maximum absolute atomic E-state index is 11.0. The summed E-state index contributed by atoms with van der Waals surface area (Å²) >= 11 is 5.95. The van der Waals surface area contributed by atoms with Gasteiger partial charge in [0.25, 0.3) is 0 Å². The fourth-order valence-electron chi connectivity index (χ4n) is 1.70. The number of rotatable bonds is 8. The molecule has 0 heterocycles. The van der Waals surface area contributed by atoms with Gasteiger partial charge in [0.15, 0.2) is 0 Å². The van der Waals surface area contributed by atoms with Gasteiger partial charge in [-0.15, -0.1) is 0 Å². The predicted octanol–water partition coefficient (Wildman–Crippen LogP) is 2.81. The highest BCUT2D eigenvalue weighted by atomic mass is 35.5. The predicted molar refractivity (Wildman–Crippen MR) is 75.8 cm³/mol. The van der Waals surface area contributed by atoms with Gasteiger partial charge in [0, 0.05) is 6.54 Å². The van der Waals surface area contributed by atoms with Crippen molar-refractivity contribution in [2.45, 2.75) is 26.3 Å². The molecular weight excluding hydrogens is 266 g/mol. The number of halogens is 1. The molecule has 1 unspecified atom stereocenters. The third-order valence-electron chi connectivity index (χ3n) is 2.59. The van der Waals surface area contributed by atoms with Crippen LogP contribution in [-0.2, 0) is 4.79 Å². The van der Waals surface area contributed by atoms with Crippen LogP contribution >= 0.6 is 11.6 Å². The smallest absolute Gasteiger partial charge is 0.320 e. The number of benzene rings is 1. The number of carbonyl (C=O) groups is 1. The summed E-state index contributed by atoms with van der Waals surface area (Å²) in [4.78, 5) is 11.0. The van der Waals surface area contributed by atoms with Crippen LogP contribution in [0.25, 0.3) is 0 Å². The Morgan fingerprint density at radius 1 is 1.42 bits per heavy atom. The van der Waals surface area contributed by atoms with E-state index < -0.39 is 12.0 Å². The normalized spacial score (nSPS) is 12.4. The maximum atomic E-state index is 11.0. The molecular formula is C14H20ClNO3. The van der Waals surface area contributed by atoms with Gasteiger partial charge in [-0.3, -0.25) is 4.79 Å². The second kappa shape index (κ2) is 8.02.